The molecule has 1 aromatic rings. The molecule has 0 aromatic carbocycles. The molecule has 1 rings (SSSR count). The topological polar surface area (TPSA) is 70.1 Å². The van der Waals surface area contributed by atoms with Crippen LogP contribution in [0.4, 0.5) is 0 Å². The zero-order valence-electron chi connectivity index (χ0n) is 6.80. The van der Waals surface area contributed by atoms with Crippen LogP contribution >= 0.6 is 0 Å². The van der Waals surface area contributed by atoms with Crippen molar-refractivity contribution in [3.05, 3.63) is 18.7 Å². The molecule has 1 aromatic heterocycles. The molecule has 2 N–H and O–H groups in total. The number of ether oxygens (including phenoxy) is 1. The van der Waals surface area contributed by atoms with Gasteiger partial charge in [-0.15, -0.1) is 0 Å². The molecule has 0 aliphatic rings. The van der Waals surface area contributed by atoms with Crippen LogP contribution in [0.5, 0.6) is 0 Å². The van der Waals surface area contributed by atoms with Crippen molar-refractivity contribution >= 4 is 5.97 Å². The molecule has 0 saturated carbocycles. The van der Waals surface area contributed by atoms with Crippen LogP contribution in [-0.4, -0.2) is 22.6 Å². The van der Waals surface area contributed by atoms with Crippen molar-refractivity contribution in [2.24, 2.45) is 5.73 Å². The maximum Gasteiger partial charge on any atom is 0.308 e. The third-order valence-corrected chi connectivity index (χ3v) is 1.51. The monoisotopic (exact) mass is 169 g/mol. The van der Waals surface area contributed by atoms with Crippen molar-refractivity contribution in [2.45, 2.75) is 12.6 Å². The van der Waals surface area contributed by atoms with Crippen LogP contribution in [0.15, 0.2) is 18.7 Å². The van der Waals surface area contributed by atoms with Gasteiger partial charge in [0.05, 0.1) is 26.0 Å². The molecule has 12 heavy (non-hydrogen) atoms. The molecule has 0 bridgehead atoms. The Morgan fingerprint density at radius 2 is 2.58 bits per heavy atom. The number of carbonyl (C=O) groups excluding carboxylic acids is 1. The van der Waals surface area contributed by atoms with Gasteiger partial charge in [0.1, 0.15) is 0 Å². The zero-order chi connectivity index (χ0) is 8.97. The van der Waals surface area contributed by atoms with Crippen LogP contribution in [0.1, 0.15) is 12.6 Å². The Morgan fingerprint density at radius 3 is 3.08 bits per heavy atom. The van der Waals surface area contributed by atoms with Gasteiger partial charge in [-0.1, -0.05) is 0 Å². The van der Waals surface area contributed by atoms with E-state index in [4.69, 9.17) is 5.73 Å². The van der Waals surface area contributed by atoms with Crippen LogP contribution in [0.3, 0.4) is 0 Å². The van der Waals surface area contributed by atoms with Gasteiger partial charge in [0.2, 0.25) is 0 Å². The van der Waals surface area contributed by atoms with E-state index in [0.29, 0.717) is 0 Å². The lowest BCUT2D eigenvalue weighted by Crippen LogP contribution is -2.21. The van der Waals surface area contributed by atoms with Gasteiger partial charge >= 0.3 is 5.97 Å². The van der Waals surface area contributed by atoms with Crippen molar-refractivity contribution in [2.75, 3.05) is 7.11 Å². The predicted octanol–water partition coefficient (Wildman–Crippen LogP) is -0.0965. The van der Waals surface area contributed by atoms with Crippen molar-refractivity contribution < 1.29 is 9.53 Å². The molecule has 0 aliphatic carbocycles. The Morgan fingerprint density at radius 1 is 1.83 bits per heavy atom. The molecule has 0 fully saturated rings. The fourth-order valence-electron chi connectivity index (χ4n) is 0.825. The Kier molecular flexibility index (Phi) is 2.82. The SMILES string of the molecule is COC(=O)CC(N)n1ccnc1. The van der Waals surface area contributed by atoms with Gasteiger partial charge in [-0.2, -0.15) is 0 Å². The summed E-state index contributed by atoms with van der Waals surface area (Å²) in [5, 5.41) is 0. The van der Waals surface area contributed by atoms with Crippen LogP contribution in [-0.2, 0) is 9.53 Å². The van der Waals surface area contributed by atoms with E-state index >= 15 is 0 Å². The first-order valence-corrected chi connectivity index (χ1v) is 3.54. The van der Waals surface area contributed by atoms with Crippen LogP contribution in [0.2, 0.25) is 0 Å². The van der Waals surface area contributed by atoms with E-state index in [1.165, 1.54) is 7.11 Å². The van der Waals surface area contributed by atoms with E-state index in [2.05, 4.69) is 9.72 Å². The second-order valence-corrected chi connectivity index (χ2v) is 2.36. The van der Waals surface area contributed by atoms with Crippen molar-refractivity contribution in [3.8, 4) is 0 Å². The highest BCUT2D eigenvalue weighted by molar-refractivity contribution is 5.69. The third-order valence-electron chi connectivity index (χ3n) is 1.51. The number of nitrogens with two attached hydrogens (primary N) is 1. The first-order valence-electron chi connectivity index (χ1n) is 3.54. The normalized spacial score (nSPS) is 12.5. The summed E-state index contributed by atoms with van der Waals surface area (Å²) in [4.78, 5) is 14.6. The number of rotatable bonds is 3. The molecule has 0 saturated heterocycles. The lowest BCUT2D eigenvalue weighted by molar-refractivity contribution is -0.141. The van der Waals surface area contributed by atoms with Gasteiger partial charge < -0.3 is 15.0 Å². The smallest absolute Gasteiger partial charge is 0.308 e. The fourth-order valence-corrected chi connectivity index (χ4v) is 0.825. The van der Waals surface area contributed by atoms with Crippen LogP contribution in [0, 0.1) is 0 Å². The molecular formula is C7H11N3O2. The van der Waals surface area contributed by atoms with Gasteiger partial charge in [0, 0.05) is 12.4 Å². The number of imidazole rings is 1. The standard InChI is InChI=1S/C7H11N3O2/c1-12-7(11)4-6(8)10-3-2-9-5-10/h2-3,5-6H,4,8H2,1H3. The van der Waals surface area contributed by atoms with Gasteiger partial charge in [-0.3, -0.25) is 4.79 Å². The van der Waals surface area contributed by atoms with E-state index in [-0.39, 0.29) is 18.6 Å². The summed E-state index contributed by atoms with van der Waals surface area (Å²) in [7, 11) is 1.34. The average Bonchev–Trinajstić information content (AvgIpc) is 2.56. The molecule has 66 valence electrons. The molecule has 1 atom stereocenters. The molecule has 0 radical (unpaired) electrons. The molecule has 0 aliphatic heterocycles. The molecule has 5 nitrogen and oxygen atoms in total. The summed E-state index contributed by atoms with van der Waals surface area (Å²) >= 11 is 0. The minimum atomic E-state index is -0.389. The molecule has 1 unspecified atom stereocenters. The largest absolute Gasteiger partial charge is 0.469 e. The molecule has 1 heterocycles. The summed E-state index contributed by atoms with van der Waals surface area (Å²) < 4.78 is 6.12. The van der Waals surface area contributed by atoms with E-state index in [1.54, 1.807) is 23.3 Å². The average molecular weight is 169 g/mol. The molecule has 5 heteroatoms. The van der Waals surface area contributed by atoms with E-state index in [1.807, 2.05) is 0 Å². The van der Waals surface area contributed by atoms with Gasteiger partial charge in [-0.05, 0) is 0 Å². The van der Waals surface area contributed by atoms with Crippen molar-refractivity contribution in [1.29, 1.82) is 0 Å². The van der Waals surface area contributed by atoms with E-state index < -0.39 is 0 Å². The van der Waals surface area contributed by atoms with Crippen LogP contribution in [0.25, 0.3) is 0 Å². The Balaban J connectivity index is 2.49. The number of hydrogen-bond donors (Lipinski definition) is 1. The lowest BCUT2D eigenvalue weighted by Gasteiger charge is -2.10. The van der Waals surface area contributed by atoms with E-state index in [9.17, 15) is 4.79 Å². The number of nitrogens with zero attached hydrogens (tertiary/aromatic N) is 2. The summed E-state index contributed by atoms with van der Waals surface area (Å²) in [5.74, 6) is -0.323. The quantitative estimate of drug-likeness (QED) is 0.641. The highest BCUT2D eigenvalue weighted by Crippen LogP contribution is 2.03. The van der Waals surface area contributed by atoms with Gasteiger partial charge in [0.25, 0.3) is 0 Å². The predicted molar refractivity (Wildman–Crippen MR) is 42.1 cm³/mol. The Bertz CT molecular complexity index is 245. The molecule has 0 spiro atoms. The summed E-state index contributed by atoms with van der Waals surface area (Å²) in [6, 6.07) is 0. The van der Waals surface area contributed by atoms with Crippen molar-refractivity contribution in [3.63, 3.8) is 0 Å². The lowest BCUT2D eigenvalue weighted by atomic mass is 10.3. The molecule has 0 amide bonds. The fraction of sp³-hybridized carbons (Fsp3) is 0.429. The number of esters is 1. The van der Waals surface area contributed by atoms with Crippen LogP contribution < -0.4 is 5.73 Å². The summed E-state index contributed by atoms with van der Waals surface area (Å²) in [5.41, 5.74) is 5.64. The number of hydrogen-bond acceptors (Lipinski definition) is 4. The first-order chi connectivity index (χ1) is 5.74. The van der Waals surface area contributed by atoms with E-state index in [0.717, 1.165) is 0 Å². The summed E-state index contributed by atoms with van der Waals surface area (Å²) in [6.07, 6.45) is 4.64. The highest BCUT2D eigenvalue weighted by atomic mass is 16.5. The number of methoxy groups -OCH3 is 1. The Hall–Kier alpha value is -1.36. The minimum absolute atomic E-state index is 0.160. The molecular weight excluding hydrogens is 158 g/mol. The number of aromatic nitrogens is 2. The second-order valence-electron chi connectivity index (χ2n) is 2.36. The maximum atomic E-state index is 10.8. The minimum Gasteiger partial charge on any atom is -0.469 e. The first kappa shape index (κ1) is 8.73. The maximum absolute atomic E-state index is 10.8. The number of carbonyl (C=O) groups is 1. The third kappa shape index (κ3) is 2.06. The van der Waals surface area contributed by atoms with Gasteiger partial charge in [0.15, 0.2) is 0 Å². The zero-order valence-corrected chi connectivity index (χ0v) is 6.80. The Labute approximate surface area is 70.1 Å². The van der Waals surface area contributed by atoms with Crippen molar-refractivity contribution in [1.82, 2.24) is 9.55 Å². The van der Waals surface area contributed by atoms with Gasteiger partial charge in [-0.25, -0.2) is 4.98 Å². The highest BCUT2D eigenvalue weighted by Gasteiger charge is 2.09. The second kappa shape index (κ2) is 3.87. The summed E-state index contributed by atoms with van der Waals surface area (Å²) in [6.45, 7) is 0.